The molecule has 3 nitrogen and oxygen atoms in total. The standard InChI is InChI=1S/C15H11ClO3/c16-15(17)19-18-9-11-5-3-7-13-12-6-2-1-4-10(12)8-14(11)13/h1-7H,8-9H2. The fourth-order valence-electron chi connectivity index (χ4n) is 2.50. The minimum atomic E-state index is -0.962. The lowest BCUT2D eigenvalue weighted by molar-refractivity contribution is -0.241. The van der Waals surface area contributed by atoms with Crippen LogP contribution in [-0.4, -0.2) is 5.43 Å². The third-order valence-electron chi connectivity index (χ3n) is 3.29. The molecule has 0 fully saturated rings. The first-order valence-corrected chi connectivity index (χ1v) is 6.31. The molecule has 0 aliphatic heterocycles. The van der Waals surface area contributed by atoms with Crippen LogP contribution in [0.5, 0.6) is 0 Å². The molecule has 0 saturated carbocycles. The van der Waals surface area contributed by atoms with Crippen molar-refractivity contribution in [3.8, 4) is 11.1 Å². The predicted molar refractivity (Wildman–Crippen MR) is 71.8 cm³/mol. The zero-order valence-electron chi connectivity index (χ0n) is 10.1. The van der Waals surface area contributed by atoms with E-state index in [1.54, 1.807) is 0 Å². The Morgan fingerprint density at radius 1 is 1.11 bits per heavy atom. The topological polar surface area (TPSA) is 35.5 Å². The first-order chi connectivity index (χ1) is 9.25. The maximum atomic E-state index is 10.5. The van der Waals surface area contributed by atoms with Gasteiger partial charge in [-0.05, 0) is 34.2 Å². The molecule has 0 atom stereocenters. The van der Waals surface area contributed by atoms with Gasteiger partial charge in [0.1, 0.15) is 6.61 Å². The number of hydrogen-bond acceptors (Lipinski definition) is 3. The van der Waals surface area contributed by atoms with Crippen LogP contribution in [-0.2, 0) is 22.8 Å². The molecule has 0 bridgehead atoms. The van der Waals surface area contributed by atoms with Crippen LogP contribution in [0.3, 0.4) is 0 Å². The van der Waals surface area contributed by atoms with Crippen LogP contribution in [0.25, 0.3) is 11.1 Å². The molecule has 0 saturated heterocycles. The molecule has 0 amide bonds. The Balaban J connectivity index is 1.88. The number of rotatable bonds is 3. The average molecular weight is 275 g/mol. The Morgan fingerprint density at radius 3 is 2.74 bits per heavy atom. The molecule has 0 unspecified atom stereocenters. The number of halogens is 1. The molecule has 0 N–H and O–H groups in total. The highest BCUT2D eigenvalue weighted by Gasteiger charge is 2.20. The number of hydrogen-bond donors (Lipinski definition) is 0. The molecule has 96 valence electrons. The van der Waals surface area contributed by atoms with Crippen LogP contribution < -0.4 is 0 Å². The maximum Gasteiger partial charge on any atom is 0.435 e. The minimum absolute atomic E-state index is 0.204. The third kappa shape index (κ3) is 2.35. The Bertz CT molecular complexity index is 637. The van der Waals surface area contributed by atoms with Gasteiger partial charge in [0.15, 0.2) is 0 Å². The molecule has 0 radical (unpaired) electrons. The molecule has 19 heavy (non-hydrogen) atoms. The quantitative estimate of drug-likeness (QED) is 0.410. The van der Waals surface area contributed by atoms with Crippen molar-refractivity contribution < 1.29 is 14.6 Å². The van der Waals surface area contributed by atoms with Crippen LogP contribution in [0.2, 0.25) is 0 Å². The first kappa shape index (κ1) is 12.2. The van der Waals surface area contributed by atoms with Crippen molar-refractivity contribution in [2.24, 2.45) is 0 Å². The summed E-state index contributed by atoms with van der Waals surface area (Å²) in [7, 11) is 0. The Kier molecular flexibility index (Phi) is 3.23. The molecule has 0 aromatic heterocycles. The monoisotopic (exact) mass is 274 g/mol. The van der Waals surface area contributed by atoms with Crippen molar-refractivity contribution in [2.75, 3.05) is 0 Å². The molecule has 2 aromatic rings. The van der Waals surface area contributed by atoms with Crippen LogP contribution >= 0.6 is 11.6 Å². The van der Waals surface area contributed by atoms with Gasteiger partial charge in [-0.1, -0.05) is 42.5 Å². The van der Waals surface area contributed by atoms with Gasteiger partial charge >= 0.3 is 5.43 Å². The molecular formula is C15H11ClO3. The zero-order chi connectivity index (χ0) is 13.2. The second kappa shape index (κ2) is 5.03. The summed E-state index contributed by atoms with van der Waals surface area (Å²) in [6.45, 7) is 0.204. The largest absolute Gasteiger partial charge is 0.435 e. The van der Waals surface area contributed by atoms with Gasteiger partial charge in [0, 0.05) is 11.6 Å². The summed E-state index contributed by atoms with van der Waals surface area (Å²) in [4.78, 5) is 19.6. The van der Waals surface area contributed by atoms with Crippen LogP contribution in [0.4, 0.5) is 4.79 Å². The molecule has 3 rings (SSSR count). The van der Waals surface area contributed by atoms with Crippen molar-refractivity contribution in [3.05, 3.63) is 59.2 Å². The molecule has 0 spiro atoms. The van der Waals surface area contributed by atoms with E-state index in [9.17, 15) is 4.79 Å². The predicted octanol–water partition coefficient (Wildman–Crippen LogP) is 4.06. The highest BCUT2D eigenvalue weighted by atomic mass is 35.5. The number of carbonyl (C=O) groups excluding carboxylic acids is 1. The zero-order valence-corrected chi connectivity index (χ0v) is 10.8. The van der Waals surface area contributed by atoms with Gasteiger partial charge in [0.2, 0.25) is 0 Å². The highest BCUT2D eigenvalue weighted by molar-refractivity contribution is 6.61. The van der Waals surface area contributed by atoms with Crippen LogP contribution in [0.15, 0.2) is 42.5 Å². The van der Waals surface area contributed by atoms with Gasteiger partial charge in [-0.25, -0.2) is 4.79 Å². The fraction of sp³-hybridized carbons (Fsp3) is 0.133. The van der Waals surface area contributed by atoms with Gasteiger partial charge in [-0.2, -0.15) is 4.89 Å². The van der Waals surface area contributed by atoms with E-state index >= 15 is 0 Å². The van der Waals surface area contributed by atoms with E-state index in [1.807, 2.05) is 24.3 Å². The summed E-state index contributed by atoms with van der Waals surface area (Å²) < 4.78 is 0. The van der Waals surface area contributed by atoms with E-state index in [2.05, 4.69) is 23.1 Å². The summed E-state index contributed by atoms with van der Waals surface area (Å²) in [6, 6.07) is 14.3. The molecule has 1 aliphatic rings. The van der Waals surface area contributed by atoms with Crippen molar-refractivity contribution in [3.63, 3.8) is 0 Å². The van der Waals surface area contributed by atoms with E-state index in [-0.39, 0.29) is 6.61 Å². The van der Waals surface area contributed by atoms with Crippen molar-refractivity contribution >= 4 is 17.0 Å². The summed E-state index contributed by atoms with van der Waals surface area (Å²) in [5, 5.41) is 0. The lowest BCUT2D eigenvalue weighted by Crippen LogP contribution is -2.00. The van der Waals surface area contributed by atoms with Gasteiger partial charge in [0.25, 0.3) is 0 Å². The average Bonchev–Trinajstić information content (AvgIpc) is 2.78. The van der Waals surface area contributed by atoms with Crippen molar-refractivity contribution in [2.45, 2.75) is 13.0 Å². The van der Waals surface area contributed by atoms with Crippen molar-refractivity contribution in [1.82, 2.24) is 0 Å². The van der Waals surface area contributed by atoms with Crippen LogP contribution in [0, 0.1) is 0 Å². The van der Waals surface area contributed by atoms with E-state index in [4.69, 9.17) is 16.5 Å². The van der Waals surface area contributed by atoms with E-state index in [0.29, 0.717) is 0 Å². The molecule has 4 heteroatoms. The lowest BCUT2D eigenvalue weighted by atomic mass is 10.0. The normalized spacial score (nSPS) is 11.8. The van der Waals surface area contributed by atoms with Crippen LogP contribution in [0.1, 0.15) is 16.7 Å². The van der Waals surface area contributed by atoms with E-state index in [1.165, 1.54) is 22.3 Å². The van der Waals surface area contributed by atoms with Crippen molar-refractivity contribution in [1.29, 1.82) is 0 Å². The van der Waals surface area contributed by atoms with E-state index in [0.717, 1.165) is 12.0 Å². The number of carbonyl (C=O) groups is 1. The highest BCUT2D eigenvalue weighted by Crippen LogP contribution is 2.38. The summed E-state index contributed by atoms with van der Waals surface area (Å²) in [6.07, 6.45) is 0.875. The van der Waals surface area contributed by atoms with Gasteiger partial charge in [-0.15, -0.1) is 0 Å². The van der Waals surface area contributed by atoms with Gasteiger partial charge in [0.05, 0.1) is 0 Å². The number of fused-ring (bicyclic) bond motifs is 3. The minimum Gasteiger partial charge on any atom is -0.280 e. The Labute approximate surface area is 115 Å². The number of benzene rings is 2. The smallest absolute Gasteiger partial charge is 0.280 e. The van der Waals surface area contributed by atoms with Gasteiger partial charge < -0.3 is 0 Å². The molecular weight excluding hydrogens is 264 g/mol. The first-order valence-electron chi connectivity index (χ1n) is 5.93. The summed E-state index contributed by atoms with van der Waals surface area (Å²) >= 11 is 5.05. The Morgan fingerprint density at radius 2 is 1.89 bits per heavy atom. The lowest BCUT2D eigenvalue weighted by Gasteiger charge is -2.07. The maximum absolute atomic E-state index is 10.5. The third-order valence-corrected chi connectivity index (χ3v) is 3.35. The second-order valence-electron chi connectivity index (χ2n) is 4.36. The SMILES string of the molecule is O=C(Cl)OOCc1cccc2c1Cc1ccccc1-2. The summed E-state index contributed by atoms with van der Waals surface area (Å²) in [5.74, 6) is 0. The van der Waals surface area contributed by atoms with Gasteiger partial charge in [-0.3, -0.25) is 4.89 Å². The van der Waals surface area contributed by atoms with E-state index < -0.39 is 5.43 Å². The molecule has 2 aromatic carbocycles. The summed E-state index contributed by atoms with van der Waals surface area (Å²) in [5.41, 5.74) is 5.04. The fourth-order valence-corrected chi connectivity index (χ4v) is 2.54. The molecule has 0 heterocycles. The molecule has 1 aliphatic carbocycles. The second-order valence-corrected chi connectivity index (χ2v) is 4.67. The Hall–Kier alpha value is -1.84.